The summed E-state index contributed by atoms with van der Waals surface area (Å²) in [6.07, 6.45) is 0.732. The molecular formula is C8H12F2O3. The fourth-order valence-corrected chi connectivity index (χ4v) is 0.909. The molecule has 5 heteroatoms. The molecule has 0 saturated carbocycles. The van der Waals surface area contributed by atoms with E-state index in [2.05, 4.69) is 4.74 Å². The Morgan fingerprint density at radius 3 is 2.54 bits per heavy atom. The van der Waals surface area contributed by atoms with Crippen LogP contribution in [0.15, 0.2) is 0 Å². The third kappa shape index (κ3) is 2.62. The Hall–Kier alpha value is -0.710. The van der Waals surface area contributed by atoms with Gasteiger partial charge in [0.05, 0.1) is 6.61 Å². The molecular weight excluding hydrogens is 182 g/mol. The van der Waals surface area contributed by atoms with Crippen LogP contribution in [0.2, 0.25) is 0 Å². The van der Waals surface area contributed by atoms with E-state index < -0.39 is 17.5 Å². The third-order valence-electron chi connectivity index (χ3n) is 1.95. The Morgan fingerprint density at radius 2 is 2.23 bits per heavy atom. The molecule has 0 aromatic rings. The minimum Gasteiger partial charge on any atom is -0.458 e. The van der Waals surface area contributed by atoms with E-state index in [1.165, 1.54) is 0 Å². The van der Waals surface area contributed by atoms with E-state index in [1.54, 1.807) is 6.92 Å². The minimum atomic E-state index is -3.42. The molecule has 76 valence electrons. The van der Waals surface area contributed by atoms with Crippen LogP contribution in [0, 0.1) is 0 Å². The molecule has 0 aromatic carbocycles. The van der Waals surface area contributed by atoms with Gasteiger partial charge in [-0.3, -0.25) is 0 Å². The normalized spacial score (nSPS) is 28.0. The highest BCUT2D eigenvalue weighted by molar-refractivity contribution is 5.76. The van der Waals surface area contributed by atoms with Gasteiger partial charge in [-0.2, -0.15) is 8.78 Å². The molecule has 1 heterocycles. The predicted octanol–water partition coefficient (Wildman–Crippen LogP) is 1.36. The highest BCUT2D eigenvalue weighted by atomic mass is 19.3. The number of esters is 1. The van der Waals surface area contributed by atoms with Crippen molar-refractivity contribution in [3.05, 3.63) is 0 Å². The van der Waals surface area contributed by atoms with E-state index in [0.29, 0.717) is 13.5 Å². The first-order chi connectivity index (χ1) is 5.83. The first-order valence-electron chi connectivity index (χ1n) is 4.02. The third-order valence-corrected chi connectivity index (χ3v) is 1.95. The molecule has 0 N–H and O–H groups in total. The van der Waals surface area contributed by atoms with Crippen LogP contribution < -0.4 is 0 Å². The molecule has 1 aliphatic heterocycles. The van der Waals surface area contributed by atoms with E-state index in [4.69, 9.17) is 4.74 Å². The highest BCUT2D eigenvalue weighted by Gasteiger charge is 2.39. The van der Waals surface area contributed by atoms with E-state index >= 15 is 0 Å². The summed E-state index contributed by atoms with van der Waals surface area (Å²) in [5.74, 6) is -4.91. The van der Waals surface area contributed by atoms with E-state index in [1.807, 2.05) is 0 Å². The largest absolute Gasteiger partial charge is 0.458 e. The summed E-state index contributed by atoms with van der Waals surface area (Å²) in [5.41, 5.74) is -0.555. The second kappa shape index (κ2) is 3.21. The number of halogens is 2. The molecule has 13 heavy (non-hydrogen) atoms. The smallest absolute Gasteiger partial charge is 0.376 e. The highest BCUT2D eigenvalue weighted by Crippen LogP contribution is 2.26. The van der Waals surface area contributed by atoms with Gasteiger partial charge in [-0.05, 0) is 6.92 Å². The summed E-state index contributed by atoms with van der Waals surface area (Å²) in [7, 11) is 0. The SMILES string of the molecule is CC1(COC(=O)C(C)(F)F)CCO1. The summed E-state index contributed by atoms with van der Waals surface area (Å²) in [6, 6.07) is 0. The molecule has 1 saturated heterocycles. The van der Waals surface area contributed by atoms with Gasteiger partial charge < -0.3 is 9.47 Å². The maximum atomic E-state index is 12.3. The van der Waals surface area contributed by atoms with Crippen LogP contribution in [-0.4, -0.2) is 30.7 Å². The van der Waals surface area contributed by atoms with Crippen molar-refractivity contribution < 1.29 is 23.0 Å². The van der Waals surface area contributed by atoms with Crippen LogP contribution in [0.1, 0.15) is 20.3 Å². The van der Waals surface area contributed by atoms with Gasteiger partial charge in [0.25, 0.3) is 0 Å². The van der Waals surface area contributed by atoms with Crippen LogP contribution in [0.5, 0.6) is 0 Å². The first kappa shape index (κ1) is 10.4. The molecule has 1 rings (SSSR count). The molecule has 1 fully saturated rings. The van der Waals surface area contributed by atoms with Gasteiger partial charge in [0.1, 0.15) is 12.2 Å². The second-order valence-corrected chi connectivity index (χ2v) is 3.51. The average molecular weight is 194 g/mol. The van der Waals surface area contributed by atoms with Gasteiger partial charge in [0.2, 0.25) is 0 Å². The monoisotopic (exact) mass is 194 g/mol. The van der Waals surface area contributed by atoms with Crippen molar-refractivity contribution in [1.29, 1.82) is 0 Å². The molecule has 0 spiro atoms. The van der Waals surface area contributed by atoms with Gasteiger partial charge in [-0.25, -0.2) is 4.79 Å². The van der Waals surface area contributed by atoms with Crippen LogP contribution in [0.3, 0.4) is 0 Å². The number of hydrogen-bond donors (Lipinski definition) is 0. The lowest BCUT2D eigenvalue weighted by Gasteiger charge is -2.37. The fraction of sp³-hybridized carbons (Fsp3) is 0.875. The van der Waals surface area contributed by atoms with Crippen molar-refractivity contribution in [1.82, 2.24) is 0 Å². The topological polar surface area (TPSA) is 35.5 Å². The van der Waals surface area contributed by atoms with Crippen molar-refractivity contribution in [2.75, 3.05) is 13.2 Å². The molecule has 0 radical (unpaired) electrons. The summed E-state index contributed by atoms with van der Waals surface area (Å²) >= 11 is 0. The number of ether oxygens (including phenoxy) is 2. The van der Waals surface area contributed by atoms with Gasteiger partial charge in [-0.15, -0.1) is 0 Å². The lowest BCUT2D eigenvalue weighted by molar-refractivity contribution is -0.196. The molecule has 1 aliphatic rings. The van der Waals surface area contributed by atoms with Gasteiger partial charge >= 0.3 is 11.9 Å². The second-order valence-electron chi connectivity index (χ2n) is 3.51. The molecule has 0 bridgehead atoms. The average Bonchev–Trinajstić information content (AvgIpc) is 1.94. The first-order valence-corrected chi connectivity index (χ1v) is 4.02. The summed E-state index contributed by atoms with van der Waals surface area (Å²) in [6.45, 7) is 2.72. The Morgan fingerprint density at radius 1 is 1.69 bits per heavy atom. The van der Waals surface area contributed by atoms with Crippen LogP contribution in [-0.2, 0) is 14.3 Å². The number of alkyl halides is 2. The van der Waals surface area contributed by atoms with E-state index in [-0.39, 0.29) is 6.61 Å². The quantitative estimate of drug-likeness (QED) is 0.636. The summed E-state index contributed by atoms with van der Waals surface area (Å²) in [4.78, 5) is 10.6. The number of carbonyl (C=O) groups is 1. The minimum absolute atomic E-state index is 0.102. The predicted molar refractivity (Wildman–Crippen MR) is 40.6 cm³/mol. The van der Waals surface area contributed by atoms with Crippen LogP contribution in [0.25, 0.3) is 0 Å². The molecule has 1 unspecified atom stereocenters. The Balaban J connectivity index is 2.30. The Labute approximate surface area is 75.0 Å². The zero-order valence-corrected chi connectivity index (χ0v) is 7.60. The number of carbonyl (C=O) groups excluding carboxylic acids is 1. The zero-order chi connectivity index (χ0) is 10.1. The van der Waals surface area contributed by atoms with Crippen molar-refractivity contribution in [3.8, 4) is 0 Å². The molecule has 0 aromatic heterocycles. The van der Waals surface area contributed by atoms with Gasteiger partial charge in [-0.1, -0.05) is 0 Å². The maximum absolute atomic E-state index is 12.3. The maximum Gasteiger partial charge on any atom is 0.376 e. The lowest BCUT2D eigenvalue weighted by atomic mass is 9.99. The van der Waals surface area contributed by atoms with Gasteiger partial charge in [0.15, 0.2) is 0 Å². The van der Waals surface area contributed by atoms with Crippen molar-refractivity contribution in [3.63, 3.8) is 0 Å². The number of rotatable bonds is 3. The summed E-state index contributed by atoms with van der Waals surface area (Å²) < 4.78 is 34.1. The van der Waals surface area contributed by atoms with E-state index in [9.17, 15) is 13.6 Å². The van der Waals surface area contributed by atoms with Gasteiger partial charge in [0, 0.05) is 13.3 Å². The molecule has 1 atom stereocenters. The van der Waals surface area contributed by atoms with E-state index in [0.717, 1.165) is 6.42 Å². The lowest BCUT2D eigenvalue weighted by Crippen LogP contribution is -2.46. The zero-order valence-electron chi connectivity index (χ0n) is 7.60. The van der Waals surface area contributed by atoms with Crippen LogP contribution in [0.4, 0.5) is 8.78 Å². The fourth-order valence-electron chi connectivity index (χ4n) is 0.909. The molecule has 0 aliphatic carbocycles. The number of hydrogen-bond acceptors (Lipinski definition) is 3. The standard InChI is InChI=1S/C8H12F2O3/c1-7(3-4-13-7)5-12-6(11)8(2,9)10/h3-5H2,1-2H3. The Bertz CT molecular complexity index is 206. The molecule has 3 nitrogen and oxygen atoms in total. The van der Waals surface area contributed by atoms with Crippen LogP contribution >= 0.6 is 0 Å². The van der Waals surface area contributed by atoms with Crippen molar-refractivity contribution >= 4 is 5.97 Å². The summed E-state index contributed by atoms with van der Waals surface area (Å²) in [5, 5.41) is 0. The van der Waals surface area contributed by atoms with Crippen molar-refractivity contribution in [2.45, 2.75) is 31.8 Å². The Kier molecular flexibility index (Phi) is 2.56. The molecule has 0 amide bonds. The van der Waals surface area contributed by atoms with Crippen molar-refractivity contribution in [2.24, 2.45) is 0 Å².